The molecule has 0 radical (unpaired) electrons. The highest BCUT2D eigenvalue weighted by Gasteiger charge is 2.25. The second-order valence-electron chi connectivity index (χ2n) is 5.96. The minimum atomic E-state index is -0.746. The van der Waals surface area contributed by atoms with E-state index in [0.717, 1.165) is 54.7 Å². The van der Waals surface area contributed by atoms with Crippen LogP contribution in [0.15, 0.2) is 18.2 Å². The Labute approximate surface area is 159 Å². The van der Waals surface area contributed by atoms with Crippen LogP contribution in [0.5, 0.6) is 0 Å². The summed E-state index contributed by atoms with van der Waals surface area (Å²) in [7, 11) is 1.34. The molecule has 0 amide bonds. The van der Waals surface area contributed by atoms with Crippen molar-refractivity contribution in [2.24, 2.45) is 0 Å². The molecule has 0 fully saturated rings. The monoisotopic (exact) mass is 396 g/mol. The largest absolute Gasteiger partial charge is 0.465 e. The summed E-state index contributed by atoms with van der Waals surface area (Å²) in [4.78, 5) is 13.4. The number of ether oxygens (including phenoxy) is 1. The van der Waals surface area contributed by atoms with Gasteiger partial charge in [-0.05, 0) is 55.6 Å². The number of rotatable bonds is 3. The molecule has 8 heteroatoms. The number of thiophene rings is 1. The molecule has 2 N–H and O–H groups in total. The molecule has 0 saturated heterocycles. The van der Waals surface area contributed by atoms with Crippen LogP contribution in [0, 0.1) is 11.6 Å². The third-order valence-corrected chi connectivity index (χ3v) is 5.63. The number of benzene rings is 1. The van der Waals surface area contributed by atoms with Crippen molar-refractivity contribution in [3.8, 4) is 0 Å². The van der Waals surface area contributed by atoms with Crippen LogP contribution >= 0.6 is 23.6 Å². The molecule has 2 aromatic rings. The molecule has 4 nitrogen and oxygen atoms in total. The lowest BCUT2D eigenvalue weighted by Gasteiger charge is -2.12. The summed E-state index contributed by atoms with van der Waals surface area (Å²) in [6, 6.07) is 3.18. The molecule has 0 spiro atoms. The Kier molecular flexibility index (Phi) is 5.83. The minimum absolute atomic E-state index is 0.0571. The van der Waals surface area contributed by atoms with E-state index in [1.807, 2.05) is 0 Å². The Morgan fingerprint density at radius 1 is 1.19 bits per heavy atom. The van der Waals surface area contributed by atoms with Crippen molar-refractivity contribution in [2.45, 2.75) is 32.1 Å². The van der Waals surface area contributed by atoms with Crippen LogP contribution in [-0.2, 0) is 17.6 Å². The minimum Gasteiger partial charge on any atom is -0.465 e. The van der Waals surface area contributed by atoms with E-state index in [1.165, 1.54) is 24.5 Å². The third kappa shape index (κ3) is 4.02. The number of carbonyl (C=O) groups excluding carboxylic acids is 1. The zero-order valence-electron chi connectivity index (χ0n) is 14.2. The lowest BCUT2D eigenvalue weighted by atomic mass is 10.1. The first-order valence-corrected chi connectivity index (χ1v) is 9.48. The highest BCUT2D eigenvalue weighted by atomic mass is 32.1. The molecule has 0 bridgehead atoms. The van der Waals surface area contributed by atoms with Crippen LogP contribution in [0.3, 0.4) is 0 Å². The molecule has 1 aliphatic carbocycles. The molecule has 26 heavy (non-hydrogen) atoms. The van der Waals surface area contributed by atoms with Crippen molar-refractivity contribution in [3.63, 3.8) is 0 Å². The molecule has 1 aromatic heterocycles. The van der Waals surface area contributed by atoms with Gasteiger partial charge in [-0.15, -0.1) is 11.3 Å². The van der Waals surface area contributed by atoms with Crippen molar-refractivity contribution in [1.29, 1.82) is 0 Å². The summed E-state index contributed by atoms with van der Waals surface area (Å²) in [6.07, 6.45) is 4.98. The van der Waals surface area contributed by atoms with E-state index in [9.17, 15) is 13.6 Å². The lowest BCUT2D eigenvalue weighted by Crippen LogP contribution is -2.21. The topological polar surface area (TPSA) is 50.4 Å². The summed E-state index contributed by atoms with van der Waals surface area (Å²) in [5, 5.41) is 6.38. The van der Waals surface area contributed by atoms with Gasteiger partial charge in [0.15, 0.2) is 5.11 Å². The van der Waals surface area contributed by atoms with E-state index in [-0.39, 0.29) is 10.8 Å². The Balaban J connectivity index is 1.84. The molecule has 1 aromatic carbocycles. The van der Waals surface area contributed by atoms with Crippen LogP contribution < -0.4 is 10.6 Å². The van der Waals surface area contributed by atoms with Crippen molar-refractivity contribution >= 4 is 45.3 Å². The number of anilines is 2. The normalized spacial score (nSPS) is 13.5. The summed E-state index contributed by atoms with van der Waals surface area (Å²) < 4.78 is 31.7. The third-order valence-electron chi connectivity index (χ3n) is 4.22. The van der Waals surface area contributed by atoms with Crippen LogP contribution in [0.1, 0.15) is 40.1 Å². The Morgan fingerprint density at radius 2 is 1.96 bits per heavy atom. The summed E-state index contributed by atoms with van der Waals surface area (Å²) in [6.45, 7) is 0. The first-order valence-electron chi connectivity index (χ1n) is 8.25. The van der Waals surface area contributed by atoms with Gasteiger partial charge < -0.3 is 15.4 Å². The molecule has 3 rings (SSSR count). The van der Waals surface area contributed by atoms with E-state index in [4.69, 9.17) is 17.0 Å². The van der Waals surface area contributed by atoms with Crippen LogP contribution in [0.2, 0.25) is 0 Å². The van der Waals surface area contributed by atoms with Crippen molar-refractivity contribution in [1.82, 2.24) is 0 Å². The van der Waals surface area contributed by atoms with Gasteiger partial charge in [0.25, 0.3) is 0 Å². The molecule has 0 saturated carbocycles. The zero-order valence-corrected chi connectivity index (χ0v) is 15.8. The molecule has 1 heterocycles. The Hall–Kier alpha value is -2.06. The van der Waals surface area contributed by atoms with Gasteiger partial charge in [0, 0.05) is 10.9 Å². The average molecular weight is 396 g/mol. The first-order chi connectivity index (χ1) is 12.5. The number of carbonyl (C=O) groups is 1. The number of hydrogen-bond donors (Lipinski definition) is 2. The van der Waals surface area contributed by atoms with Gasteiger partial charge in [-0.2, -0.15) is 0 Å². The molecule has 0 unspecified atom stereocenters. The molecular weight excluding hydrogens is 378 g/mol. The number of thiocarbonyl (C=S) groups is 1. The first kappa shape index (κ1) is 18.7. The number of esters is 1. The number of nitrogens with one attached hydrogen (secondary N) is 2. The maximum Gasteiger partial charge on any atom is 0.341 e. The van der Waals surface area contributed by atoms with Gasteiger partial charge in [0.05, 0.1) is 18.4 Å². The number of methoxy groups -OCH3 is 1. The highest BCUT2D eigenvalue weighted by molar-refractivity contribution is 7.80. The number of halogens is 2. The lowest BCUT2D eigenvalue weighted by molar-refractivity contribution is 0.0601. The van der Waals surface area contributed by atoms with Crippen LogP contribution in [-0.4, -0.2) is 18.2 Å². The highest BCUT2D eigenvalue weighted by Crippen LogP contribution is 2.38. The predicted octanol–water partition coefficient (Wildman–Crippen LogP) is 4.89. The van der Waals surface area contributed by atoms with Crippen LogP contribution in [0.25, 0.3) is 0 Å². The fourth-order valence-corrected chi connectivity index (χ4v) is 4.55. The standard InChI is InChI=1S/C18H18F2N2O2S2/c1-24-17(23)15-11-5-3-2-4-6-14(11)26-16(15)22-18(25)21-13-8-7-10(19)9-12(13)20/h7-9H,2-6H2,1H3,(H2,21,22,25). The number of hydrogen-bond acceptors (Lipinski definition) is 4. The maximum absolute atomic E-state index is 13.8. The Morgan fingerprint density at radius 3 is 2.69 bits per heavy atom. The molecule has 0 aliphatic heterocycles. The fraction of sp³-hybridized carbons (Fsp3) is 0.333. The van der Waals surface area contributed by atoms with Gasteiger partial charge >= 0.3 is 5.97 Å². The number of fused-ring (bicyclic) bond motifs is 1. The van der Waals surface area contributed by atoms with Gasteiger partial charge in [-0.25, -0.2) is 13.6 Å². The zero-order chi connectivity index (χ0) is 18.7. The fourth-order valence-electron chi connectivity index (χ4n) is 3.00. The summed E-state index contributed by atoms with van der Waals surface area (Å²) in [5.74, 6) is -1.83. The van der Waals surface area contributed by atoms with E-state index in [0.29, 0.717) is 10.6 Å². The molecular formula is C18H18F2N2O2S2. The van der Waals surface area contributed by atoms with Gasteiger partial charge in [0.1, 0.15) is 16.6 Å². The van der Waals surface area contributed by atoms with Crippen molar-refractivity contribution in [3.05, 3.63) is 45.8 Å². The van der Waals surface area contributed by atoms with E-state index < -0.39 is 17.6 Å². The Bertz CT molecular complexity index is 852. The van der Waals surface area contributed by atoms with E-state index in [1.54, 1.807) is 0 Å². The van der Waals surface area contributed by atoms with E-state index >= 15 is 0 Å². The molecule has 1 aliphatic rings. The molecule has 138 valence electrons. The second-order valence-corrected chi connectivity index (χ2v) is 7.48. The molecule has 0 atom stereocenters. The summed E-state index contributed by atoms with van der Waals surface area (Å²) in [5.41, 5.74) is 1.57. The van der Waals surface area contributed by atoms with Crippen molar-refractivity contribution in [2.75, 3.05) is 17.7 Å². The van der Waals surface area contributed by atoms with Gasteiger partial charge in [-0.1, -0.05) is 6.42 Å². The van der Waals surface area contributed by atoms with Crippen molar-refractivity contribution < 1.29 is 18.3 Å². The average Bonchev–Trinajstić information content (AvgIpc) is 2.77. The quantitative estimate of drug-likeness (QED) is 0.439. The van der Waals surface area contributed by atoms with Crippen LogP contribution in [0.4, 0.5) is 19.5 Å². The number of aryl methyl sites for hydroxylation is 1. The maximum atomic E-state index is 13.8. The van der Waals surface area contributed by atoms with Gasteiger partial charge in [0.2, 0.25) is 0 Å². The SMILES string of the molecule is COC(=O)c1c(NC(=S)Nc2ccc(F)cc2F)sc2c1CCCCC2. The van der Waals surface area contributed by atoms with Gasteiger partial charge in [-0.3, -0.25) is 0 Å². The second kappa shape index (κ2) is 8.09. The van der Waals surface area contributed by atoms with E-state index in [2.05, 4.69) is 10.6 Å². The predicted molar refractivity (Wildman–Crippen MR) is 103 cm³/mol. The summed E-state index contributed by atoms with van der Waals surface area (Å²) >= 11 is 6.70. The smallest absolute Gasteiger partial charge is 0.341 e.